The maximum atomic E-state index is 12.8. The molecule has 0 unspecified atom stereocenters. The molecule has 0 aromatic heterocycles. The van der Waals surface area contributed by atoms with Gasteiger partial charge < -0.3 is 25.1 Å². The molecule has 0 spiro atoms. The largest absolute Gasteiger partial charge is 0.388 e. The van der Waals surface area contributed by atoms with E-state index in [-0.39, 0.29) is 22.6 Å². The second-order valence-electron chi connectivity index (χ2n) is 11.2. The van der Waals surface area contributed by atoms with Gasteiger partial charge in [0.15, 0.2) is 0 Å². The van der Waals surface area contributed by atoms with Crippen molar-refractivity contribution in [3.05, 3.63) is 59.7 Å². The van der Waals surface area contributed by atoms with Crippen LogP contribution in [0.15, 0.2) is 48.5 Å². The van der Waals surface area contributed by atoms with Crippen molar-refractivity contribution < 1.29 is 28.8 Å². The first-order valence-electron chi connectivity index (χ1n) is 14.5. The van der Waals surface area contributed by atoms with Crippen LogP contribution in [-0.4, -0.2) is 74.7 Å². The Morgan fingerprint density at radius 3 is 1.67 bits per heavy atom. The molecule has 2 aromatic rings. The number of rotatable bonds is 12. The Bertz CT molecular complexity index is 1180. The smallest absolute Gasteiger partial charge is 0.230 e. The first-order valence-corrected chi connectivity index (χ1v) is 14.5. The summed E-state index contributed by atoms with van der Waals surface area (Å²) >= 11 is 0. The number of imide groups is 1. The number of benzene rings is 2. The van der Waals surface area contributed by atoms with Crippen LogP contribution in [0.3, 0.4) is 0 Å². The van der Waals surface area contributed by atoms with E-state index < -0.39 is 0 Å². The van der Waals surface area contributed by atoms with Gasteiger partial charge in [0.05, 0.1) is 0 Å². The Balaban J connectivity index is 0.000000324. The van der Waals surface area contributed by atoms with Gasteiger partial charge in [-0.25, -0.2) is 0 Å². The molecule has 0 heterocycles. The molecule has 0 radical (unpaired) electrons. The number of carbonyl (C=O) groups excluding carboxylic acids is 6. The van der Waals surface area contributed by atoms with Crippen LogP contribution in [0.5, 0.6) is 0 Å². The Morgan fingerprint density at radius 1 is 0.791 bits per heavy atom. The second-order valence-corrected chi connectivity index (χ2v) is 11.2. The van der Waals surface area contributed by atoms with Gasteiger partial charge in [0.25, 0.3) is 0 Å². The molecule has 10 heteroatoms. The quantitative estimate of drug-likeness (QED) is 0.357. The molecule has 10 nitrogen and oxygen atoms in total. The third-order valence-corrected chi connectivity index (χ3v) is 8.69. The molecule has 4 amide bonds. The summed E-state index contributed by atoms with van der Waals surface area (Å²) in [4.78, 5) is 67.1. The highest BCUT2D eigenvalue weighted by atomic mass is 16.2. The van der Waals surface area contributed by atoms with E-state index in [1.807, 2.05) is 57.3 Å². The number of nitrogens with zero attached hydrogens (tertiary/aromatic N) is 2. The Labute approximate surface area is 254 Å². The lowest BCUT2D eigenvalue weighted by atomic mass is 9.54. The zero-order valence-electron chi connectivity index (χ0n) is 25.5. The second kappa shape index (κ2) is 16.9. The molecular weight excluding hydrogens is 548 g/mol. The van der Waals surface area contributed by atoms with Gasteiger partial charge in [-0.2, -0.15) is 0 Å². The average Bonchev–Trinajstić information content (AvgIpc) is 3.07. The summed E-state index contributed by atoms with van der Waals surface area (Å²) in [5.41, 5.74) is 3.58. The highest BCUT2D eigenvalue weighted by Gasteiger charge is 2.52. The summed E-state index contributed by atoms with van der Waals surface area (Å²) in [6, 6.07) is 15.7. The van der Waals surface area contributed by atoms with Crippen LogP contribution in [0.4, 0.5) is 11.4 Å². The first-order chi connectivity index (χ1) is 20.7. The van der Waals surface area contributed by atoms with E-state index in [1.54, 1.807) is 11.8 Å². The number of aldehydes is 1. The summed E-state index contributed by atoms with van der Waals surface area (Å²) in [7, 11) is 3.73. The summed E-state index contributed by atoms with van der Waals surface area (Å²) in [5, 5.41) is 6.10. The normalized spacial score (nSPS) is 19.7. The van der Waals surface area contributed by atoms with Crippen molar-refractivity contribution in [3.8, 4) is 0 Å². The van der Waals surface area contributed by atoms with E-state index in [4.69, 9.17) is 4.79 Å². The molecule has 2 aromatic carbocycles. The summed E-state index contributed by atoms with van der Waals surface area (Å²) in [6.45, 7) is 4.69. The number of fused-ring (bicyclic) bond motifs is 3. The number of nitrogens with one attached hydrogen (secondary N) is 2. The van der Waals surface area contributed by atoms with Gasteiger partial charge in [0.2, 0.25) is 24.6 Å². The molecule has 2 bridgehead atoms. The number of likely N-dealkylation sites (N-methyl/N-ethyl adjacent to an activating group) is 1. The number of amides is 4. The molecule has 3 aliphatic rings. The van der Waals surface area contributed by atoms with Gasteiger partial charge in [-0.3, -0.25) is 24.1 Å². The minimum absolute atomic E-state index is 0.0533. The van der Waals surface area contributed by atoms with Crippen molar-refractivity contribution in [1.82, 2.24) is 9.80 Å². The fourth-order valence-electron chi connectivity index (χ4n) is 5.43. The molecule has 0 saturated heterocycles. The number of anilines is 2. The predicted molar refractivity (Wildman–Crippen MR) is 166 cm³/mol. The topological polar surface area (TPSA) is 133 Å². The Morgan fingerprint density at radius 2 is 1.26 bits per heavy atom. The highest BCUT2D eigenvalue weighted by Crippen LogP contribution is 2.56. The molecule has 43 heavy (non-hydrogen) atoms. The van der Waals surface area contributed by atoms with E-state index in [2.05, 4.69) is 22.8 Å². The third kappa shape index (κ3) is 9.87. The predicted octanol–water partition coefficient (Wildman–Crippen LogP) is 3.89. The first kappa shape index (κ1) is 34.9. The standard InChI is InChI=1S/C20H24N2O4.C12H18N2O.CH2O/c23-13-19-6-9-20(10-7-19,11-8-19)18(26)21-17-3-1-16(2-4-17)5-12-22(14-24)15-25;1-10(15)14(3)9-8-11-4-6-12(13-2)7-5-11;1-2/h1-4,13-15H,5-12H2,(H,21,26);4-7,13H,8-9H2,1-3H3;1H2. The van der Waals surface area contributed by atoms with Crippen molar-refractivity contribution in [2.75, 3.05) is 37.8 Å². The lowest BCUT2D eigenvalue weighted by Crippen LogP contribution is -2.48. The fraction of sp³-hybridized carbons (Fsp3) is 0.455. The summed E-state index contributed by atoms with van der Waals surface area (Å²) in [5.74, 6) is 0.166. The van der Waals surface area contributed by atoms with Crippen molar-refractivity contribution in [3.63, 3.8) is 0 Å². The molecular formula is C33H44N4O6. The Kier molecular flexibility index (Phi) is 13.7. The van der Waals surface area contributed by atoms with Crippen molar-refractivity contribution in [1.29, 1.82) is 0 Å². The molecule has 3 fully saturated rings. The summed E-state index contributed by atoms with van der Waals surface area (Å²) < 4.78 is 0. The van der Waals surface area contributed by atoms with Gasteiger partial charge >= 0.3 is 0 Å². The van der Waals surface area contributed by atoms with Crippen molar-refractivity contribution >= 4 is 49.1 Å². The molecule has 3 aliphatic carbocycles. The average molecular weight is 593 g/mol. The maximum Gasteiger partial charge on any atom is 0.230 e. The van der Waals surface area contributed by atoms with Crippen LogP contribution in [0.1, 0.15) is 56.6 Å². The van der Waals surface area contributed by atoms with E-state index >= 15 is 0 Å². The lowest BCUT2D eigenvalue weighted by molar-refractivity contribution is -0.139. The number of hydrogen-bond acceptors (Lipinski definition) is 7. The van der Waals surface area contributed by atoms with Crippen LogP contribution in [0.25, 0.3) is 0 Å². The Hall–Kier alpha value is -4.34. The van der Waals surface area contributed by atoms with E-state index in [1.165, 1.54) is 5.56 Å². The number of hydrogen-bond donors (Lipinski definition) is 2. The van der Waals surface area contributed by atoms with Gasteiger partial charge in [0, 0.05) is 56.3 Å². The summed E-state index contributed by atoms with van der Waals surface area (Å²) in [6.07, 6.45) is 8.37. The van der Waals surface area contributed by atoms with Crippen LogP contribution in [0, 0.1) is 10.8 Å². The monoisotopic (exact) mass is 592 g/mol. The molecule has 2 N–H and O–H groups in total. The highest BCUT2D eigenvalue weighted by molar-refractivity contribution is 5.95. The van der Waals surface area contributed by atoms with E-state index in [0.29, 0.717) is 25.8 Å². The molecule has 3 saturated carbocycles. The van der Waals surface area contributed by atoms with Crippen molar-refractivity contribution in [2.45, 2.75) is 58.3 Å². The zero-order chi connectivity index (χ0) is 31.9. The van der Waals surface area contributed by atoms with Gasteiger partial charge in [-0.1, -0.05) is 24.3 Å². The van der Waals surface area contributed by atoms with E-state index in [0.717, 1.165) is 79.6 Å². The van der Waals surface area contributed by atoms with Crippen LogP contribution in [-0.2, 0) is 41.6 Å². The minimum atomic E-state index is -0.335. The van der Waals surface area contributed by atoms with E-state index in [9.17, 15) is 24.0 Å². The zero-order valence-corrected chi connectivity index (χ0v) is 25.5. The lowest BCUT2D eigenvalue weighted by Gasteiger charge is -2.49. The van der Waals surface area contributed by atoms with Crippen molar-refractivity contribution in [2.24, 2.45) is 10.8 Å². The van der Waals surface area contributed by atoms with Crippen LogP contribution < -0.4 is 10.6 Å². The van der Waals surface area contributed by atoms with Crippen LogP contribution >= 0.6 is 0 Å². The van der Waals surface area contributed by atoms with Gasteiger partial charge in [-0.05, 0) is 86.8 Å². The van der Waals surface area contributed by atoms with Crippen LogP contribution in [0.2, 0.25) is 0 Å². The molecule has 232 valence electrons. The van der Waals surface area contributed by atoms with Gasteiger partial charge in [0.1, 0.15) is 13.1 Å². The minimum Gasteiger partial charge on any atom is -0.388 e. The molecule has 5 rings (SSSR count). The molecule has 0 atom stereocenters. The third-order valence-electron chi connectivity index (χ3n) is 8.69. The van der Waals surface area contributed by atoms with Gasteiger partial charge in [-0.15, -0.1) is 0 Å². The fourth-order valence-corrected chi connectivity index (χ4v) is 5.43. The number of carbonyl (C=O) groups is 6. The SMILES string of the molecule is C=O.CNc1ccc(CCN(C)C(C)=O)cc1.O=CN(C=O)CCc1ccc(NC(=O)C23CCC(C=O)(CC2)CC3)cc1. The molecule has 0 aliphatic heterocycles. The maximum absolute atomic E-state index is 12.8.